The van der Waals surface area contributed by atoms with Gasteiger partial charge in [0.05, 0.1) is 6.61 Å². The number of ether oxygens (including phenoxy) is 2. The molecule has 3 nitrogen and oxygen atoms in total. The van der Waals surface area contributed by atoms with E-state index < -0.39 is 6.16 Å². The van der Waals surface area contributed by atoms with Gasteiger partial charge in [-0.15, -0.1) is 0 Å². The predicted octanol–water partition coefficient (Wildman–Crippen LogP) is 3.00. The largest absolute Gasteiger partial charge is 0.513 e. The molecule has 1 aromatic carbocycles. The van der Waals surface area contributed by atoms with Gasteiger partial charge in [0.1, 0.15) is 5.75 Å². The van der Waals surface area contributed by atoms with Gasteiger partial charge in [-0.05, 0) is 18.6 Å². The summed E-state index contributed by atoms with van der Waals surface area (Å²) in [7, 11) is 0. The number of carbonyl (C=O) groups excluding carboxylic acids is 1. The normalized spacial score (nSPS) is 9.50. The average molecular weight is 194 g/mol. The van der Waals surface area contributed by atoms with Crippen LogP contribution in [0.2, 0.25) is 0 Å². The molecule has 0 radical (unpaired) electrons. The molecule has 0 heterocycles. The molecule has 0 spiro atoms. The summed E-state index contributed by atoms with van der Waals surface area (Å²) in [6.45, 7) is 2.45. The Labute approximate surface area is 83.6 Å². The van der Waals surface area contributed by atoms with Crippen LogP contribution in [-0.2, 0) is 4.74 Å². The fourth-order valence-corrected chi connectivity index (χ4v) is 0.914. The summed E-state index contributed by atoms with van der Waals surface area (Å²) in [5.41, 5.74) is 0. The Kier molecular flexibility index (Phi) is 4.55. The molecule has 14 heavy (non-hydrogen) atoms. The standard InChI is InChI=1S/C11H14O3/c1-2-3-9-13-11(12)14-10-7-5-4-6-8-10/h4-8H,2-3,9H2,1H3. The number of hydrogen-bond acceptors (Lipinski definition) is 3. The highest BCUT2D eigenvalue weighted by atomic mass is 16.7. The first kappa shape index (κ1) is 10.6. The number of carbonyl (C=O) groups is 1. The van der Waals surface area contributed by atoms with Crippen molar-refractivity contribution in [1.29, 1.82) is 0 Å². The van der Waals surface area contributed by atoms with Crippen molar-refractivity contribution in [2.24, 2.45) is 0 Å². The Morgan fingerprint density at radius 3 is 2.64 bits per heavy atom. The van der Waals surface area contributed by atoms with Gasteiger partial charge in [-0.2, -0.15) is 0 Å². The molecule has 1 aromatic rings. The van der Waals surface area contributed by atoms with E-state index in [0.717, 1.165) is 12.8 Å². The Morgan fingerprint density at radius 1 is 1.29 bits per heavy atom. The molecule has 0 amide bonds. The lowest BCUT2D eigenvalue weighted by molar-refractivity contribution is 0.0978. The fourth-order valence-electron chi connectivity index (χ4n) is 0.914. The van der Waals surface area contributed by atoms with Crippen molar-refractivity contribution in [1.82, 2.24) is 0 Å². The Hall–Kier alpha value is -1.51. The van der Waals surface area contributed by atoms with Gasteiger partial charge >= 0.3 is 6.16 Å². The third-order valence-corrected chi connectivity index (χ3v) is 1.66. The molecule has 0 aliphatic rings. The summed E-state index contributed by atoms with van der Waals surface area (Å²) in [5.74, 6) is 0.508. The minimum atomic E-state index is -0.635. The third kappa shape index (κ3) is 3.94. The zero-order valence-corrected chi connectivity index (χ0v) is 8.23. The number of hydrogen-bond donors (Lipinski definition) is 0. The predicted molar refractivity (Wildman–Crippen MR) is 53.3 cm³/mol. The SMILES string of the molecule is CCCCOC(=O)Oc1ccccc1. The summed E-state index contributed by atoms with van der Waals surface area (Å²) in [4.78, 5) is 11.0. The van der Waals surface area contributed by atoms with Crippen LogP contribution in [0.15, 0.2) is 30.3 Å². The molecular formula is C11H14O3. The number of unbranched alkanes of at least 4 members (excludes halogenated alkanes) is 1. The lowest BCUT2D eigenvalue weighted by atomic mass is 10.3. The average Bonchev–Trinajstić information content (AvgIpc) is 2.20. The molecule has 0 fully saturated rings. The van der Waals surface area contributed by atoms with Crippen LogP contribution in [0.5, 0.6) is 5.75 Å². The maximum atomic E-state index is 11.0. The molecule has 0 unspecified atom stereocenters. The van der Waals surface area contributed by atoms with Crippen LogP contribution in [0.1, 0.15) is 19.8 Å². The fraction of sp³-hybridized carbons (Fsp3) is 0.364. The van der Waals surface area contributed by atoms with Crippen LogP contribution < -0.4 is 4.74 Å². The summed E-state index contributed by atoms with van der Waals surface area (Å²) >= 11 is 0. The second-order valence-electron chi connectivity index (χ2n) is 2.87. The highest BCUT2D eigenvalue weighted by Gasteiger charge is 2.03. The molecule has 0 aliphatic carbocycles. The summed E-state index contributed by atoms with van der Waals surface area (Å²) in [6, 6.07) is 8.88. The van der Waals surface area contributed by atoms with Gasteiger partial charge in [-0.25, -0.2) is 4.79 Å². The molecule has 0 bridgehead atoms. The Balaban J connectivity index is 2.27. The van der Waals surface area contributed by atoms with E-state index in [1.165, 1.54) is 0 Å². The van der Waals surface area contributed by atoms with Crippen molar-refractivity contribution >= 4 is 6.16 Å². The maximum absolute atomic E-state index is 11.0. The van der Waals surface area contributed by atoms with Crippen LogP contribution in [-0.4, -0.2) is 12.8 Å². The number of benzene rings is 1. The first-order valence-corrected chi connectivity index (χ1v) is 4.72. The number of para-hydroxylation sites is 1. The molecule has 1 rings (SSSR count). The molecule has 0 aliphatic heterocycles. The third-order valence-electron chi connectivity index (χ3n) is 1.66. The van der Waals surface area contributed by atoms with Crippen LogP contribution >= 0.6 is 0 Å². The molecule has 0 aromatic heterocycles. The summed E-state index contributed by atoms with van der Waals surface area (Å²) < 4.78 is 9.72. The molecule has 0 saturated heterocycles. The lowest BCUT2D eigenvalue weighted by Gasteiger charge is -2.04. The molecular weight excluding hydrogens is 180 g/mol. The van der Waals surface area contributed by atoms with Gasteiger partial charge in [0, 0.05) is 0 Å². The van der Waals surface area contributed by atoms with E-state index in [0.29, 0.717) is 12.4 Å². The molecule has 0 N–H and O–H groups in total. The van der Waals surface area contributed by atoms with E-state index in [1.54, 1.807) is 24.3 Å². The van der Waals surface area contributed by atoms with E-state index in [1.807, 2.05) is 13.0 Å². The maximum Gasteiger partial charge on any atom is 0.513 e. The highest BCUT2D eigenvalue weighted by molar-refractivity contribution is 5.63. The van der Waals surface area contributed by atoms with Crippen molar-refractivity contribution in [3.05, 3.63) is 30.3 Å². The van der Waals surface area contributed by atoms with Gasteiger partial charge in [-0.1, -0.05) is 31.5 Å². The van der Waals surface area contributed by atoms with Gasteiger partial charge in [0.25, 0.3) is 0 Å². The Bertz CT molecular complexity index is 269. The molecule has 0 atom stereocenters. The van der Waals surface area contributed by atoms with E-state index in [2.05, 4.69) is 0 Å². The van der Waals surface area contributed by atoms with Crippen molar-refractivity contribution in [2.45, 2.75) is 19.8 Å². The topological polar surface area (TPSA) is 35.5 Å². The van der Waals surface area contributed by atoms with Crippen LogP contribution in [0.4, 0.5) is 4.79 Å². The van der Waals surface area contributed by atoms with E-state index >= 15 is 0 Å². The van der Waals surface area contributed by atoms with Gasteiger partial charge in [-0.3, -0.25) is 0 Å². The number of rotatable bonds is 4. The van der Waals surface area contributed by atoms with Crippen molar-refractivity contribution in [2.75, 3.05) is 6.61 Å². The smallest absolute Gasteiger partial charge is 0.434 e. The van der Waals surface area contributed by atoms with Crippen molar-refractivity contribution in [3.8, 4) is 5.75 Å². The van der Waals surface area contributed by atoms with Gasteiger partial charge in [0.2, 0.25) is 0 Å². The van der Waals surface area contributed by atoms with Gasteiger partial charge in [0.15, 0.2) is 0 Å². The first-order chi connectivity index (χ1) is 6.83. The summed E-state index contributed by atoms with van der Waals surface area (Å²) in [6.07, 6.45) is 1.23. The lowest BCUT2D eigenvalue weighted by Crippen LogP contribution is -2.11. The van der Waals surface area contributed by atoms with Crippen molar-refractivity contribution in [3.63, 3.8) is 0 Å². The quantitative estimate of drug-likeness (QED) is 0.420. The second-order valence-corrected chi connectivity index (χ2v) is 2.87. The second kappa shape index (κ2) is 6.02. The van der Waals surface area contributed by atoms with E-state index in [4.69, 9.17) is 9.47 Å². The van der Waals surface area contributed by atoms with Crippen molar-refractivity contribution < 1.29 is 14.3 Å². The monoisotopic (exact) mass is 194 g/mol. The summed E-state index contributed by atoms with van der Waals surface area (Å²) in [5, 5.41) is 0. The molecule has 0 saturated carbocycles. The minimum absolute atomic E-state index is 0.419. The molecule has 3 heteroatoms. The van der Waals surface area contributed by atoms with Crippen LogP contribution in [0, 0.1) is 0 Å². The Morgan fingerprint density at radius 2 is 2.00 bits per heavy atom. The van der Waals surface area contributed by atoms with E-state index in [9.17, 15) is 4.79 Å². The first-order valence-electron chi connectivity index (χ1n) is 4.72. The van der Waals surface area contributed by atoms with Crippen LogP contribution in [0.3, 0.4) is 0 Å². The molecule has 76 valence electrons. The minimum Gasteiger partial charge on any atom is -0.434 e. The zero-order valence-electron chi connectivity index (χ0n) is 8.23. The van der Waals surface area contributed by atoms with Gasteiger partial charge < -0.3 is 9.47 Å². The zero-order chi connectivity index (χ0) is 10.2. The van der Waals surface area contributed by atoms with Crippen LogP contribution in [0.25, 0.3) is 0 Å². The van der Waals surface area contributed by atoms with E-state index in [-0.39, 0.29) is 0 Å². The highest BCUT2D eigenvalue weighted by Crippen LogP contribution is 2.09.